The molecular formula is C23H25N5. The van der Waals surface area contributed by atoms with Crippen LogP contribution in [0.2, 0.25) is 0 Å². The van der Waals surface area contributed by atoms with Crippen LogP contribution in [0.1, 0.15) is 25.3 Å². The minimum atomic E-state index is 0.389. The first-order valence-electron chi connectivity index (χ1n) is 10.1. The van der Waals surface area contributed by atoms with Crippen LogP contribution in [-0.4, -0.2) is 29.1 Å². The van der Waals surface area contributed by atoms with E-state index in [4.69, 9.17) is 4.98 Å². The van der Waals surface area contributed by atoms with Crippen molar-refractivity contribution >= 4 is 28.8 Å². The number of nitrogens with zero attached hydrogens (tertiary/aromatic N) is 4. The minimum absolute atomic E-state index is 0.389. The van der Waals surface area contributed by atoms with Gasteiger partial charge in [0.1, 0.15) is 5.82 Å². The molecule has 5 heteroatoms. The van der Waals surface area contributed by atoms with Crippen molar-refractivity contribution in [2.75, 3.05) is 28.2 Å². The molecule has 0 bridgehead atoms. The van der Waals surface area contributed by atoms with Crippen LogP contribution in [0.5, 0.6) is 0 Å². The summed E-state index contributed by atoms with van der Waals surface area (Å²) in [6, 6.07) is 19.5. The van der Waals surface area contributed by atoms with Crippen molar-refractivity contribution in [3.63, 3.8) is 0 Å². The normalized spacial score (nSPS) is 18.4. The lowest BCUT2D eigenvalue weighted by molar-refractivity contribution is 0.749. The zero-order chi connectivity index (χ0) is 18.9. The van der Waals surface area contributed by atoms with Crippen molar-refractivity contribution in [1.29, 1.82) is 0 Å². The number of hydrogen-bond donors (Lipinski definition) is 1. The molecule has 0 spiro atoms. The second-order valence-corrected chi connectivity index (χ2v) is 7.66. The molecule has 0 aliphatic carbocycles. The molecule has 1 unspecified atom stereocenters. The van der Waals surface area contributed by atoms with Crippen LogP contribution in [-0.2, 0) is 6.42 Å². The molecule has 1 fully saturated rings. The number of rotatable bonds is 4. The highest BCUT2D eigenvalue weighted by atomic mass is 15.3. The molecule has 0 saturated carbocycles. The van der Waals surface area contributed by atoms with Gasteiger partial charge in [0.15, 0.2) is 0 Å². The summed E-state index contributed by atoms with van der Waals surface area (Å²) in [5.74, 6) is 1.56. The Labute approximate surface area is 166 Å². The molecule has 1 saturated heterocycles. The summed E-state index contributed by atoms with van der Waals surface area (Å²) in [5, 5.41) is 3.36. The topological polar surface area (TPSA) is 44.3 Å². The Morgan fingerprint density at radius 1 is 0.964 bits per heavy atom. The summed E-state index contributed by atoms with van der Waals surface area (Å²) < 4.78 is 0. The molecule has 1 aromatic heterocycles. The lowest BCUT2D eigenvalue weighted by Crippen LogP contribution is -2.25. The van der Waals surface area contributed by atoms with E-state index in [0.29, 0.717) is 12.0 Å². The van der Waals surface area contributed by atoms with Crippen LogP contribution in [0.25, 0.3) is 0 Å². The maximum atomic E-state index is 4.79. The van der Waals surface area contributed by atoms with Crippen molar-refractivity contribution in [1.82, 2.24) is 9.97 Å². The maximum Gasteiger partial charge on any atom is 0.229 e. The summed E-state index contributed by atoms with van der Waals surface area (Å²) >= 11 is 0. The fourth-order valence-corrected chi connectivity index (χ4v) is 4.32. The fraction of sp³-hybridized carbons (Fsp3) is 0.304. The lowest BCUT2D eigenvalue weighted by Gasteiger charge is -2.24. The molecule has 2 aliphatic heterocycles. The monoisotopic (exact) mass is 371 g/mol. The highest BCUT2D eigenvalue weighted by Gasteiger charge is 2.27. The number of anilines is 5. The SMILES string of the molecule is CC1Cc2ccccc2N1c1ccnc(Nc2ccc(N3CCCC3)cc2)n1. The molecule has 0 radical (unpaired) electrons. The van der Waals surface area contributed by atoms with E-state index in [9.17, 15) is 0 Å². The lowest BCUT2D eigenvalue weighted by atomic mass is 10.1. The Kier molecular flexibility index (Phi) is 4.35. The van der Waals surface area contributed by atoms with E-state index in [1.807, 2.05) is 12.3 Å². The number of benzene rings is 2. The molecule has 5 nitrogen and oxygen atoms in total. The molecule has 1 atom stereocenters. The number of aromatic nitrogens is 2. The van der Waals surface area contributed by atoms with Crippen molar-refractivity contribution in [3.8, 4) is 0 Å². The third-order valence-electron chi connectivity index (χ3n) is 5.69. The Hall–Kier alpha value is -3.08. The third kappa shape index (κ3) is 3.17. The quantitative estimate of drug-likeness (QED) is 0.706. The summed E-state index contributed by atoms with van der Waals surface area (Å²) in [6.45, 7) is 4.56. The third-order valence-corrected chi connectivity index (χ3v) is 5.69. The van der Waals surface area contributed by atoms with Gasteiger partial charge in [0.25, 0.3) is 0 Å². The van der Waals surface area contributed by atoms with Crippen LogP contribution in [0.4, 0.5) is 28.8 Å². The van der Waals surface area contributed by atoms with Crippen LogP contribution in [0.15, 0.2) is 60.8 Å². The molecule has 28 heavy (non-hydrogen) atoms. The number of para-hydroxylation sites is 1. The number of hydrogen-bond acceptors (Lipinski definition) is 5. The molecular weight excluding hydrogens is 346 g/mol. The van der Waals surface area contributed by atoms with Gasteiger partial charge in [-0.3, -0.25) is 0 Å². The van der Waals surface area contributed by atoms with E-state index in [1.54, 1.807) is 0 Å². The maximum absolute atomic E-state index is 4.79. The fourth-order valence-electron chi connectivity index (χ4n) is 4.32. The first-order valence-corrected chi connectivity index (χ1v) is 10.1. The van der Waals surface area contributed by atoms with Gasteiger partial charge in [-0.1, -0.05) is 18.2 Å². The Balaban J connectivity index is 1.36. The Morgan fingerprint density at radius 2 is 1.75 bits per heavy atom. The molecule has 1 N–H and O–H groups in total. The summed E-state index contributed by atoms with van der Waals surface area (Å²) in [7, 11) is 0. The Morgan fingerprint density at radius 3 is 2.57 bits per heavy atom. The molecule has 3 heterocycles. The molecule has 142 valence electrons. The van der Waals surface area contributed by atoms with Crippen molar-refractivity contribution in [2.45, 2.75) is 32.2 Å². The van der Waals surface area contributed by atoms with E-state index in [0.717, 1.165) is 31.0 Å². The first kappa shape index (κ1) is 17.0. The number of nitrogens with one attached hydrogen (secondary N) is 1. The van der Waals surface area contributed by atoms with Gasteiger partial charge in [-0.2, -0.15) is 4.98 Å². The molecule has 5 rings (SSSR count). The smallest absolute Gasteiger partial charge is 0.229 e. The number of fused-ring (bicyclic) bond motifs is 1. The summed E-state index contributed by atoms with van der Waals surface area (Å²) in [6.07, 6.45) is 5.45. The summed E-state index contributed by atoms with van der Waals surface area (Å²) in [4.78, 5) is 14.0. The van der Waals surface area contributed by atoms with Gasteiger partial charge in [0.05, 0.1) is 0 Å². The predicted octanol–water partition coefficient (Wildman–Crippen LogP) is 4.90. The first-order chi connectivity index (χ1) is 13.8. The minimum Gasteiger partial charge on any atom is -0.372 e. The van der Waals surface area contributed by atoms with E-state index >= 15 is 0 Å². The van der Waals surface area contributed by atoms with E-state index in [1.165, 1.54) is 29.8 Å². The molecule has 2 aromatic carbocycles. The van der Waals surface area contributed by atoms with Crippen LogP contribution < -0.4 is 15.1 Å². The van der Waals surface area contributed by atoms with Gasteiger partial charge in [0.2, 0.25) is 5.95 Å². The molecule has 0 amide bonds. The van der Waals surface area contributed by atoms with Gasteiger partial charge in [-0.25, -0.2) is 4.98 Å². The van der Waals surface area contributed by atoms with Gasteiger partial charge < -0.3 is 15.1 Å². The van der Waals surface area contributed by atoms with Gasteiger partial charge >= 0.3 is 0 Å². The highest BCUT2D eigenvalue weighted by Crippen LogP contribution is 2.37. The zero-order valence-corrected chi connectivity index (χ0v) is 16.2. The second-order valence-electron chi connectivity index (χ2n) is 7.66. The van der Waals surface area contributed by atoms with Crippen molar-refractivity contribution < 1.29 is 0 Å². The average Bonchev–Trinajstić information content (AvgIpc) is 3.36. The van der Waals surface area contributed by atoms with Crippen LogP contribution >= 0.6 is 0 Å². The van der Waals surface area contributed by atoms with Crippen LogP contribution in [0, 0.1) is 0 Å². The van der Waals surface area contributed by atoms with Gasteiger partial charge in [-0.05, 0) is 68.1 Å². The predicted molar refractivity (Wildman–Crippen MR) is 115 cm³/mol. The standard InChI is InChI=1S/C23H25N5/c1-17-16-18-6-2-3-7-21(18)28(17)22-12-13-24-23(26-22)25-19-8-10-20(11-9-19)27-14-4-5-15-27/h2-3,6-13,17H,4-5,14-16H2,1H3,(H,24,25,26). The van der Waals surface area contributed by atoms with Gasteiger partial charge in [0, 0.05) is 42.4 Å². The van der Waals surface area contributed by atoms with Gasteiger partial charge in [-0.15, -0.1) is 0 Å². The average molecular weight is 371 g/mol. The van der Waals surface area contributed by atoms with Crippen LogP contribution in [0.3, 0.4) is 0 Å². The van der Waals surface area contributed by atoms with E-state index in [-0.39, 0.29) is 0 Å². The zero-order valence-electron chi connectivity index (χ0n) is 16.2. The Bertz CT molecular complexity index is 963. The largest absolute Gasteiger partial charge is 0.372 e. The summed E-state index contributed by atoms with van der Waals surface area (Å²) in [5.41, 5.74) is 4.92. The highest BCUT2D eigenvalue weighted by molar-refractivity contribution is 5.69. The van der Waals surface area contributed by atoms with E-state index in [2.05, 4.69) is 75.6 Å². The molecule has 2 aliphatic rings. The molecule has 3 aromatic rings. The second kappa shape index (κ2) is 7.15. The van der Waals surface area contributed by atoms with Crippen molar-refractivity contribution in [3.05, 3.63) is 66.4 Å². The van der Waals surface area contributed by atoms with E-state index < -0.39 is 0 Å². The van der Waals surface area contributed by atoms with Crippen molar-refractivity contribution in [2.24, 2.45) is 0 Å².